The summed E-state index contributed by atoms with van der Waals surface area (Å²) in [7, 11) is 0. The van der Waals surface area contributed by atoms with Gasteiger partial charge in [-0.3, -0.25) is 9.88 Å². The molecule has 4 heteroatoms. The molecule has 1 atom stereocenters. The number of nitrogens with two attached hydrogens (primary N) is 1. The molecule has 1 aromatic carbocycles. The van der Waals surface area contributed by atoms with Crippen LogP contribution in [0.2, 0.25) is 0 Å². The Morgan fingerprint density at radius 3 is 2.90 bits per heavy atom. The zero-order valence-electron chi connectivity index (χ0n) is 11.4. The molecule has 2 heterocycles. The monoisotopic (exact) mass is 289 g/mol. The van der Waals surface area contributed by atoms with E-state index in [0.717, 1.165) is 18.8 Å². The number of halogens is 1. The van der Waals surface area contributed by atoms with Crippen molar-refractivity contribution >= 4 is 18.1 Å². The van der Waals surface area contributed by atoms with Gasteiger partial charge in [-0.1, -0.05) is 18.2 Å². The second-order valence-electron chi connectivity index (χ2n) is 5.16. The van der Waals surface area contributed by atoms with E-state index in [2.05, 4.69) is 28.1 Å². The van der Waals surface area contributed by atoms with Crippen LogP contribution in [0.25, 0.3) is 0 Å². The topological polar surface area (TPSA) is 42.1 Å². The van der Waals surface area contributed by atoms with E-state index in [1.54, 1.807) is 0 Å². The Bertz CT molecular complexity index is 544. The van der Waals surface area contributed by atoms with Crippen molar-refractivity contribution in [2.24, 2.45) is 0 Å². The van der Waals surface area contributed by atoms with Gasteiger partial charge in [0.25, 0.3) is 0 Å². The van der Waals surface area contributed by atoms with Crippen LogP contribution in [0, 0.1) is 0 Å². The SMILES string of the molecule is Cl.Nc1cccc(CN2CCCC2c2cccnc2)c1. The number of aromatic nitrogens is 1. The normalized spacial score (nSPS) is 18.7. The van der Waals surface area contributed by atoms with Crippen LogP contribution >= 0.6 is 12.4 Å². The van der Waals surface area contributed by atoms with Crippen LogP contribution in [0.15, 0.2) is 48.8 Å². The lowest BCUT2D eigenvalue weighted by atomic mass is 10.1. The molecule has 20 heavy (non-hydrogen) atoms. The Labute approximate surface area is 126 Å². The summed E-state index contributed by atoms with van der Waals surface area (Å²) in [5.41, 5.74) is 9.30. The molecule has 2 aromatic rings. The van der Waals surface area contributed by atoms with Gasteiger partial charge in [-0.15, -0.1) is 12.4 Å². The second kappa shape index (κ2) is 6.73. The van der Waals surface area contributed by atoms with Gasteiger partial charge in [0, 0.05) is 30.7 Å². The van der Waals surface area contributed by atoms with Crippen molar-refractivity contribution in [3.8, 4) is 0 Å². The number of anilines is 1. The van der Waals surface area contributed by atoms with Gasteiger partial charge < -0.3 is 5.73 Å². The summed E-state index contributed by atoms with van der Waals surface area (Å²) in [5, 5.41) is 0. The first-order valence-electron chi connectivity index (χ1n) is 6.81. The fraction of sp³-hybridized carbons (Fsp3) is 0.312. The molecule has 0 radical (unpaired) electrons. The lowest BCUT2D eigenvalue weighted by Crippen LogP contribution is -2.22. The Kier molecular flexibility index (Phi) is 4.99. The summed E-state index contributed by atoms with van der Waals surface area (Å²) in [5.74, 6) is 0. The van der Waals surface area contributed by atoms with Crippen molar-refractivity contribution in [1.82, 2.24) is 9.88 Å². The van der Waals surface area contributed by atoms with Crippen LogP contribution in [0.4, 0.5) is 5.69 Å². The Balaban J connectivity index is 0.00000147. The van der Waals surface area contributed by atoms with E-state index in [0.29, 0.717) is 6.04 Å². The highest BCUT2D eigenvalue weighted by Crippen LogP contribution is 2.32. The van der Waals surface area contributed by atoms with Crippen molar-refractivity contribution in [2.75, 3.05) is 12.3 Å². The standard InChI is InChI=1S/C16H19N3.ClH/c17-15-6-1-4-13(10-15)12-19-9-3-7-16(19)14-5-2-8-18-11-14;/h1-2,4-6,8,10-11,16H,3,7,9,12,17H2;1H. The summed E-state index contributed by atoms with van der Waals surface area (Å²) in [6.07, 6.45) is 6.29. The number of hydrogen-bond acceptors (Lipinski definition) is 3. The molecule has 3 rings (SSSR count). The first-order valence-corrected chi connectivity index (χ1v) is 6.81. The first-order chi connectivity index (χ1) is 9.33. The van der Waals surface area contributed by atoms with E-state index < -0.39 is 0 Å². The fourth-order valence-electron chi connectivity index (χ4n) is 2.89. The molecule has 0 aliphatic carbocycles. The van der Waals surface area contributed by atoms with Crippen molar-refractivity contribution in [2.45, 2.75) is 25.4 Å². The highest BCUT2D eigenvalue weighted by molar-refractivity contribution is 5.85. The molecule has 1 aromatic heterocycles. The van der Waals surface area contributed by atoms with Gasteiger partial charge in [-0.2, -0.15) is 0 Å². The van der Waals surface area contributed by atoms with Gasteiger partial charge in [0.2, 0.25) is 0 Å². The van der Waals surface area contributed by atoms with Gasteiger partial charge in [0.1, 0.15) is 0 Å². The minimum Gasteiger partial charge on any atom is -0.399 e. The van der Waals surface area contributed by atoms with Crippen molar-refractivity contribution in [3.05, 3.63) is 59.9 Å². The number of pyridine rings is 1. The fourth-order valence-corrected chi connectivity index (χ4v) is 2.89. The van der Waals surface area contributed by atoms with E-state index >= 15 is 0 Å². The predicted molar refractivity (Wildman–Crippen MR) is 84.7 cm³/mol. The second-order valence-corrected chi connectivity index (χ2v) is 5.16. The van der Waals surface area contributed by atoms with E-state index in [1.807, 2.05) is 30.6 Å². The highest BCUT2D eigenvalue weighted by Gasteiger charge is 2.25. The van der Waals surface area contributed by atoms with Gasteiger partial charge >= 0.3 is 0 Å². The van der Waals surface area contributed by atoms with Gasteiger partial charge in [0.05, 0.1) is 0 Å². The zero-order chi connectivity index (χ0) is 13.1. The Hall–Kier alpha value is -1.58. The molecule has 1 fully saturated rings. The van der Waals surface area contributed by atoms with Crippen LogP contribution in [0.5, 0.6) is 0 Å². The third-order valence-electron chi connectivity index (χ3n) is 3.77. The smallest absolute Gasteiger partial charge is 0.0367 e. The molecule has 0 amide bonds. The summed E-state index contributed by atoms with van der Waals surface area (Å²) >= 11 is 0. The van der Waals surface area contributed by atoms with Crippen LogP contribution < -0.4 is 5.73 Å². The summed E-state index contributed by atoms with van der Waals surface area (Å²) < 4.78 is 0. The number of rotatable bonds is 3. The van der Waals surface area contributed by atoms with Gasteiger partial charge in [-0.25, -0.2) is 0 Å². The van der Waals surface area contributed by atoms with Crippen LogP contribution in [-0.2, 0) is 6.54 Å². The average molecular weight is 290 g/mol. The van der Waals surface area contributed by atoms with Crippen molar-refractivity contribution < 1.29 is 0 Å². The average Bonchev–Trinajstić information content (AvgIpc) is 2.88. The number of benzene rings is 1. The molecule has 0 bridgehead atoms. The maximum atomic E-state index is 5.85. The number of nitrogen functional groups attached to an aromatic ring is 1. The summed E-state index contributed by atoms with van der Waals surface area (Å²) in [6, 6.07) is 12.9. The third-order valence-corrected chi connectivity index (χ3v) is 3.77. The minimum atomic E-state index is 0. The molecule has 0 spiro atoms. The van der Waals surface area contributed by atoms with Gasteiger partial charge in [-0.05, 0) is 48.7 Å². The zero-order valence-corrected chi connectivity index (χ0v) is 12.2. The lowest BCUT2D eigenvalue weighted by molar-refractivity contribution is 0.248. The van der Waals surface area contributed by atoms with Crippen molar-refractivity contribution in [3.63, 3.8) is 0 Å². The molecule has 3 nitrogen and oxygen atoms in total. The Morgan fingerprint density at radius 2 is 2.15 bits per heavy atom. The molecule has 1 unspecified atom stereocenters. The Morgan fingerprint density at radius 1 is 1.25 bits per heavy atom. The molecule has 1 aliphatic rings. The molecular formula is C16H20ClN3. The quantitative estimate of drug-likeness (QED) is 0.880. The first kappa shape index (κ1) is 14.8. The third kappa shape index (κ3) is 3.30. The lowest BCUT2D eigenvalue weighted by Gasteiger charge is -2.24. The van der Waals surface area contributed by atoms with Crippen LogP contribution in [0.1, 0.15) is 30.0 Å². The van der Waals surface area contributed by atoms with E-state index in [1.165, 1.54) is 24.0 Å². The summed E-state index contributed by atoms with van der Waals surface area (Å²) in [4.78, 5) is 6.76. The van der Waals surface area contributed by atoms with Crippen LogP contribution in [-0.4, -0.2) is 16.4 Å². The van der Waals surface area contributed by atoms with Crippen LogP contribution in [0.3, 0.4) is 0 Å². The molecule has 1 saturated heterocycles. The maximum Gasteiger partial charge on any atom is 0.0367 e. The van der Waals surface area contributed by atoms with Gasteiger partial charge in [0.15, 0.2) is 0 Å². The minimum absolute atomic E-state index is 0. The maximum absolute atomic E-state index is 5.85. The molecule has 1 aliphatic heterocycles. The number of hydrogen-bond donors (Lipinski definition) is 1. The molecular weight excluding hydrogens is 270 g/mol. The molecule has 0 saturated carbocycles. The molecule has 106 valence electrons. The molecule has 2 N–H and O–H groups in total. The van der Waals surface area contributed by atoms with E-state index in [9.17, 15) is 0 Å². The predicted octanol–water partition coefficient (Wildman–Crippen LogP) is 3.42. The summed E-state index contributed by atoms with van der Waals surface area (Å²) in [6.45, 7) is 2.11. The number of nitrogens with zero attached hydrogens (tertiary/aromatic N) is 2. The van der Waals surface area contributed by atoms with Crippen molar-refractivity contribution in [1.29, 1.82) is 0 Å². The van der Waals surface area contributed by atoms with E-state index in [4.69, 9.17) is 5.73 Å². The largest absolute Gasteiger partial charge is 0.399 e. The highest BCUT2D eigenvalue weighted by atomic mass is 35.5. The number of likely N-dealkylation sites (tertiary alicyclic amines) is 1. The van der Waals surface area contributed by atoms with E-state index in [-0.39, 0.29) is 12.4 Å².